The number of nitro groups is 1. The molecule has 16 heavy (non-hydrogen) atoms. The van der Waals surface area contributed by atoms with Gasteiger partial charge in [-0.1, -0.05) is 27.7 Å². The van der Waals surface area contributed by atoms with Crippen molar-refractivity contribution in [3.8, 4) is 0 Å². The van der Waals surface area contributed by atoms with E-state index in [4.69, 9.17) is 0 Å². The molecule has 0 aliphatic heterocycles. The molecule has 88 valence electrons. The molecule has 0 N–H and O–H groups in total. The van der Waals surface area contributed by atoms with Gasteiger partial charge in [-0.15, -0.1) is 0 Å². The Balaban J connectivity index is 3.45. The van der Waals surface area contributed by atoms with Gasteiger partial charge in [-0.05, 0) is 36.5 Å². The summed E-state index contributed by atoms with van der Waals surface area (Å²) in [7, 11) is 0. The third-order valence-corrected chi connectivity index (χ3v) is 2.82. The van der Waals surface area contributed by atoms with Crippen molar-refractivity contribution in [1.82, 2.24) is 0 Å². The van der Waals surface area contributed by atoms with Crippen LogP contribution >= 0.6 is 0 Å². The van der Waals surface area contributed by atoms with Crippen molar-refractivity contribution >= 4 is 5.69 Å². The van der Waals surface area contributed by atoms with Crippen LogP contribution in [0.5, 0.6) is 0 Å². The zero-order valence-electron chi connectivity index (χ0n) is 10.6. The number of nitrogens with zero attached hydrogens (tertiary/aromatic N) is 1. The summed E-state index contributed by atoms with van der Waals surface area (Å²) in [6.45, 7) is 10.0. The number of aryl methyl sites for hydroxylation is 1. The smallest absolute Gasteiger partial charge is 0.258 e. The zero-order chi connectivity index (χ0) is 12.5. The van der Waals surface area contributed by atoms with Gasteiger partial charge < -0.3 is 0 Å². The van der Waals surface area contributed by atoms with E-state index in [1.165, 1.54) is 5.56 Å². The predicted molar refractivity (Wildman–Crippen MR) is 66.0 cm³/mol. The molecule has 0 radical (unpaired) electrons. The van der Waals surface area contributed by atoms with E-state index in [9.17, 15) is 10.1 Å². The highest BCUT2D eigenvalue weighted by Gasteiger charge is 2.21. The SMILES string of the molecule is Cc1cc(C(C)C)cc(C(C)C)c1[N+](=O)[O-]. The van der Waals surface area contributed by atoms with Crippen LogP contribution in [0.2, 0.25) is 0 Å². The van der Waals surface area contributed by atoms with Crippen LogP contribution < -0.4 is 0 Å². The second-order valence-corrected chi connectivity index (χ2v) is 4.84. The van der Waals surface area contributed by atoms with E-state index in [0.29, 0.717) is 5.92 Å². The van der Waals surface area contributed by atoms with Crippen molar-refractivity contribution in [2.45, 2.75) is 46.5 Å². The third-order valence-electron chi connectivity index (χ3n) is 2.82. The highest BCUT2D eigenvalue weighted by atomic mass is 16.6. The van der Waals surface area contributed by atoms with Gasteiger partial charge in [-0.3, -0.25) is 10.1 Å². The molecule has 0 saturated carbocycles. The minimum atomic E-state index is -0.269. The van der Waals surface area contributed by atoms with E-state index in [1.54, 1.807) is 0 Å². The molecule has 3 nitrogen and oxygen atoms in total. The first kappa shape index (κ1) is 12.7. The highest BCUT2D eigenvalue weighted by molar-refractivity contribution is 5.51. The lowest BCUT2D eigenvalue weighted by Gasteiger charge is -2.13. The van der Waals surface area contributed by atoms with E-state index in [1.807, 2.05) is 32.9 Å². The fourth-order valence-corrected chi connectivity index (χ4v) is 1.86. The van der Waals surface area contributed by atoms with Crippen LogP contribution in [0, 0.1) is 17.0 Å². The quantitative estimate of drug-likeness (QED) is 0.568. The first-order valence-corrected chi connectivity index (χ1v) is 5.63. The number of hydrogen-bond acceptors (Lipinski definition) is 2. The maximum absolute atomic E-state index is 11.0. The van der Waals surface area contributed by atoms with Gasteiger partial charge in [0.25, 0.3) is 5.69 Å². The molecule has 1 aromatic carbocycles. The summed E-state index contributed by atoms with van der Waals surface area (Å²) in [5.41, 5.74) is 3.06. The molecule has 0 heterocycles. The Morgan fingerprint density at radius 1 is 1.12 bits per heavy atom. The van der Waals surface area contributed by atoms with E-state index in [-0.39, 0.29) is 16.5 Å². The van der Waals surface area contributed by atoms with Gasteiger partial charge >= 0.3 is 0 Å². The summed E-state index contributed by atoms with van der Waals surface area (Å²) in [6.07, 6.45) is 0. The monoisotopic (exact) mass is 221 g/mol. The van der Waals surface area contributed by atoms with Crippen LogP contribution in [0.4, 0.5) is 5.69 Å². The fraction of sp³-hybridized carbons (Fsp3) is 0.538. The van der Waals surface area contributed by atoms with Crippen molar-refractivity contribution in [3.63, 3.8) is 0 Å². The predicted octanol–water partition coefficient (Wildman–Crippen LogP) is 4.15. The van der Waals surface area contributed by atoms with Gasteiger partial charge in [0.15, 0.2) is 0 Å². The molecule has 1 rings (SSSR count). The normalized spacial score (nSPS) is 11.2. The molecule has 0 fully saturated rings. The van der Waals surface area contributed by atoms with Crippen LogP contribution in [0.25, 0.3) is 0 Å². The Bertz CT molecular complexity index is 409. The van der Waals surface area contributed by atoms with E-state index in [0.717, 1.165) is 11.1 Å². The third kappa shape index (κ3) is 2.40. The lowest BCUT2D eigenvalue weighted by Crippen LogP contribution is -2.02. The minimum Gasteiger partial charge on any atom is -0.258 e. The van der Waals surface area contributed by atoms with Gasteiger partial charge in [0.05, 0.1) is 4.92 Å². The van der Waals surface area contributed by atoms with E-state index >= 15 is 0 Å². The summed E-state index contributed by atoms with van der Waals surface area (Å²) >= 11 is 0. The van der Waals surface area contributed by atoms with Gasteiger partial charge in [-0.25, -0.2) is 0 Å². The number of hydrogen-bond donors (Lipinski definition) is 0. The molecule has 3 heteroatoms. The van der Waals surface area contributed by atoms with Gasteiger partial charge in [0.2, 0.25) is 0 Å². The number of nitro benzene ring substituents is 1. The molecule has 0 bridgehead atoms. The molecular formula is C13H19NO2. The van der Waals surface area contributed by atoms with Crippen molar-refractivity contribution < 1.29 is 4.92 Å². The molecule has 0 aromatic heterocycles. The Kier molecular flexibility index (Phi) is 3.68. The molecule has 0 atom stereocenters. The average molecular weight is 221 g/mol. The lowest BCUT2D eigenvalue weighted by molar-refractivity contribution is -0.386. The lowest BCUT2D eigenvalue weighted by atomic mass is 9.91. The van der Waals surface area contributed by atoms with Crippen molar-refractivity contribution in [1.29, 1.82) is 0 Å². The van der Waals surface area contributed by atoms with E-state index < -0.39 is 0 Å². The minimum absolute atomic E-state index is 0.179. The number of rotatable bonds is 3. The standard InChI is InChI=1S/C13H19NO2/c1-8(2)11-6-10(5)13(14(15)16)12(7-11)9(3)4/h6-9H,1-5H3. The Hall–Kier alpha value is -1.38. The highest BCUT2D eigenvalue weighted by Crippen LogP contribution is 2.32. The Labute approximate surface area is 96.6 Å². The van der Waals surface area contributed by atoms with Crippen LogP contribution in [-0.2, 0) is 0 Å². The topological polar surface area (TPSA) is 43.1 Å². The number of benzene rings is 1. The summed E-state index contributed by atoms with van der Waals surface area (Å²) in [6, 6.07) is 3.90. The molecule has 0 aliphatic rings. The second kappa shape index (κ2) is 4.64. The summed E-state index contributed by atoms with van der Waals surface area (Å²) < 4.78 is 0. The van der Waals surface area contributed by atoms with Crippen molar-refractivity contribution in [2.24, 2.45) is 0 Å². The van der Waals surface area contributed by atoms with Crippen molar-refractivity contribution in [3.05, 3.63) is 38.9 Å². The van der Waals surface area contributed by atoms with Gasteiger partial charge in [0.1, 0.15) is 0 Å². The first-order valence-electron chi connectivity index (χ1n) is 5.63. The Morgan fingerprint density at radius 2 is 1.69 bits per heavy atom. The van der Waals surface area contributed by atoms with E-state index in [2.05, 4.69) is 13.8 Å². The fourth-order valence-electron chi connectivity index (χ4n) is 1.86. The summed E-state index contributed by atoms with van der Waals surface area (Å²) in [5.74, 6) is 0.579. The van der Waals surface area contributed by atoms with Crippen LogP contribution in [0.1, 0.15) is 56.2 Å². The molecule has 0 aliphatic carbocycles. The van der Waals surface area contributed by atoms with Crippen molar-refractivity contribution in [2.75, 3.05) is 0 Å². The second-order valence-electron chi connectivity index (χ2n) is 4.84. The van der Waals surface area contributed by atoms with Crippen LogP contribution in [0.15, 0.2) is 12.1 Å². The van der Waals surface area contributed by atoms with Crippen LogP contribution in [0.3, 0.4) is 0 Å². The summed E-state index contributed by atoms with van der Waals surface area (Å²) in [5, 5.41) is 11.0. The molecule has 0 unspecified atom stereocenters. The molecule has 1 aromatic rings. The largest absolute Gasteiger partial charge is 0.275 e. The first-order chi connectivity index (χ1) is 7.34. The maximum Gasteiger partial charge on any atom is 0.275 e. The average Bonchev–Trinajstić information content (AvgIpc) is 2.15. The Morgan fingerprint density at radius 3 is 2.06 bits per heavy atom. The molecule has 0 amide bonds. The van der Waals surface area contributed by atoms with Gasteiger partial charge in [-0.2, -0.15) is 0 Å². The summed E-state index contributed by atoms with van der Waals surface area (Å²) in [4.78, 5) is 10.8. The molecule has 0 saturated heterocycles. The maximum atomic E-state index is 11.0. The zero-order valence-corrected chi connectivity index (χ0v) is 10.6. The van der Waals surface area contributed by atoms with Crippen LogP contribution in [-0.4, -0.2) is 4.92 Å². The molecule has 0 spiro atoms. The molecular weight excluding hydrogens is 202 g/mol. The van der Waals surface area contributed by atoms with Gasteiger partial charge in [0, 0.05) is 11.1 Å².